The van der Waals surface area contributed by atoms with Crippen molar-refractivity contribution < 1.29 is 9.59 Å². The summed E-state index contributed by atoms with van der Waals surface area (Å²) >= 11 is 7.45. The second-order valence-corrected chi connectivity index (χ2v) is 8.59. The zero-order chi connectivity index (χ0) is 17.8. The summed E-state index contributed by atoms with van der Waals surface area (Å²) in [5.41, 5.74) is 5.64. The molecule has 2 heterocycles. The Kier molecular flexibility index (Phi) is 6.53. The number of nitrogens with zero attached hydrogens (tertiary/aromatic N) is 1. The third kappa shape index (κ3) is 4.63. The third-order valence-electron chi connectivity index (χ3n) is 5.65. The number of carbonyl (C=O) groups excluding carboxylic acids is 2. The van der Waals surface area contributed by atoms with Gasteiger partial charge in [0, 0.05) is 12.5 Å². The Labute approximate surface area is 158 Å². The van der Waals surface area contributed by atoms with Gasteiger partial charge in [-0.3, -0.25) is 9.59 Å². The highest BCUT2D eigenvalue weighted by atomic mass is 35.5. The van der Waals surface area contributed by atoms with Crippen LogP contribution in [0.25, 0.3) is 0 Å². The minimum Gasteiger partial charge on any atom is -0.369 e. The Balaban J connectivity index is 1.59. The van der Waals surface area contributed by atoms with Crippen molar-refractivity contribution in [2.45, 2.75) is 38.5 Å². The molecule has 2 fully saturated rings. The highest BCUT2D eigenvalue weighted by molar-refractivity contribution is 7.12. The molecular formula is C19H26ClN2O2S. The van der Waals surface area contributed by atoms with Crippen molar-refractivity contribution in [2.24, 2.45) is 23.5 Å². The van der Waals surface area contributed by atoms with Crippen molar-refractivity contribution in [3.63, 3.8) is 0 Å². The molecule has 2 unspecified atom stereocenters. The van der Waals surface area contributed by atoms with E-state index in [0.29, 0.717) is 22.9 Å². The minimum absolute atomic E-state index is 0.0220. The van der Waals surface area contributed by atoms with E-state index in [-0.39, 0.29) is 17.6 Å². The number of carbonyl (C=O) groups is 2. The molecule has 1 saturated carbocycles. The minimum atomic E-state index is -0.417. The van der Waals surface area contributed by atoms with Crippen LogP contribution in [0.5, 0.6) is 0 Å². The molecule has 2 atom stereocenters. The maximum Gasteiger partial charge on any atom is 0.222 e. The number of nitrogens with two attached hydrogens (primary N) is 1. The lowest BCUT2D eigenvalue weighted by atomic mass is 9.81. The van der Waals surface area contributed by atoms with Gasteiger partial charge in [-0.2, -0.15) is 0 Å². The summed E-state index contributed by atoms with van der Waals surface area (Å²) in [6.07, 6.45) is 9.26. The van der Waals surface area contributed by atoms with Gasteiger partial charge in [0.25, 0.3) is 0 Å². The molecule has 2 N–H and O–H groups in total. The molecule has 1 radical (unpaired) electrons. The number of hydrogen-bond acceptors (Lipinski definition) is 4. The van der Waals surface area contributed by atoms with Crippen LogP contribution in [0.15, 0.2) is 11.4 Å². The van der Waals surface area contributed by atoms with Crippen molar-refractivity contribution >= 4 is 34.6 Å². The van der Waals surface area contributed by atoms with Crippen LogP contribution >= 0.6 is 22.9 Å². The van der Waals surface area contributed by atoms with Crippen LogP contribution in [0.2, 0.25) is 5.02 Å². The molecule has 3 rings (SSSR count). The van der Waals surface area contributed by atoms with E-state index in [0.717, 1.165) is 19.0 Å². The first-order valence-electron chi connectivity index (χ1n) is 9.16. The summed E-state index contributed by atoms with van der Waals surface area (Å²) in [7, 11) is 0. The molecule has 137 valence electrons. The maximum absolute atomic E-state index is 12.8. The zero-order valence-electron chi connectivity index (χ0n) is 14.5. The Bertz CT molecular complexity index is 612. The largest absolute Gasteiger partial charge is 0.369 e. The molecule has 1 aliphatic heterocycles. The first kappa shape index (κ1) is 18.9. The first-order chi connectivity index (χ1) is 12.1. The average molecular weight is 382 g/mol. The third-order valence-corrected chi connectivity index (χ3v) is 7.01. The van der Waals surface area contributed by atoms with Gasteiger partial charge in [0.2, 0.25) is 5.91 Å². The van der Waals surface area contributed by atoms with E-state index in [1.54, 1.807) is 6.07 Å². The molecule has 6 heteroatoms. The van der Waals surface area contributed by atoms with Gasteiger partial charge in [-0.1, -0.05) is 24.4 Å². The van der Waals surface area contributed by atoms with Crippen LogP contribution < -0.4 is 5.73 Å². The summed E-state index contributed by atoms with van der Waals surface area (Å²) in [5.74, 6) is -0.358. The van der Waals surface area contributed by atoms with Crippen molar-refractivity contribution in [2.75, 3.05) is 19.6 Å². The monoisotopic (exact) mass is 381 g/mol. The molecule has 1 aliphatic carbocycles. The Morgan fingerprint density at radius 3 is 2.64 bits per heavy atom. The van der Waals surface area contributed by atoms with Gasteiger partial charge in [0.05, 0.1) is 15.8 Å². The number of ketones is 1. The van der Waals surface area contributed by atoms with E-state index in [4.69, 9.17) is 17.3 Å². The van der Waals surface area contributed by atoms with Crippen molar-refractivity contribution in [1.29, 1.82) is 0 Å². The molecule has 1 aromatic rings. The standard InChI is InChI=1S/C19H26ClN2O2S/c20-16-8-11-25-18(16)17(23)14-7-10-22(12-15(14)19(21)24)9-6-13-4-2-1-3-5-13/h1,8,11,13-15H,2-7,9-10,12H2,(H2,21,24). The van der Waals surface area contributed by atoms with Gasteiger partial charge >= 0.3 is 0 Å². The van der Waals surface area contributed by atoms with E-state index in [1.165, 1.54) is 43.4 Å². The van der Waals surface area contributed by atoms with Crippen molar-refractivity contribution in [3.8, 4) is 0 Å². The molecule has 2 aliphatic rings. The number of primary amides is 1. The summed E-state index contributed by atoms with van der Waals surface area (Å²) in [5, 5.41) is 2.29. The number of likely N-dealkylation sites (tertiary alicyclic amines) is 1. The Morgan fingerprint density at radius 1 is 1.24 bits per heavy atom. The van der Waals surface area contributed by atoms with Crippen LogP contribution in [0, 0.1) is 24.2 Å². The number of hydrogen-bond donors (Lipinski definition) is 1. The molecule has 1 aromatic heterocycles. The van der Waals surface area contributed by atoms with Gasteiger partial charge in [0.1, 0.15) is 0 Å². The fourth-order valence-electron chi connectivity index (χ4n) is 4.11. The molecule has 0 spiro atoms. The number of piperidine rings is 1. The summed E-state index contributed by atoms with van der Waals surface area (Å²) in [6.45, 7) is 2.44. The van der Waals surface area contributed by atoms with E-state index in [9.17, 15) is 9.59 Å². The normalized spacial score (nSPS) is 25.8. The SMILES string of the molecule is NC(=O)C1CN(CCC2CC[CH]CC2)CCC1C(=O)c1sccc1Cl. The van der Waals surface area contributed by atoms with Crippen LogP contribution in [-0.2, 0) is 4.79 Å². The quantitative estimate of drug-likeness (QED) is 0.762. The second kappa shape index (κ2) is 8.65. The van der Waals surface area contributed by atoms with E-state index < -0.39 is 5.92 Å². The number of Topliss-reactive ketones (excluding diaryl/α,β-unsaturated/α-hetero) is 1. The van der Waals surface area contributed by atoms with E-state index in [1.807, 2.05) is 5.38 Å². The zero-order valence-corrected chi connectivity index (χ0v) is 16.0. The first-order valence-corrected chi connectivity index (χ1v) is 10.4. The average Bonchev–Trinajstić information content (AvgIpc) is 3.06. The molecule has 4 nitrogen and oxygen atoms in total. The molecule has 1 amide bonds. The molecule has 0 bridgehead atoms. The lowest BCUT2D eigenvalue weighted by Crippen LogP contribution is -2.48. The highest BCUT2D eigenvalue weighted by Gasteiger charge is 2.38. The Hall–Kier alpha value is -0.910. The Morgan fingerprint density at radius 2 is 2.00 bits per heavy atom. The van der Waals surface area contributed by atoms with E-state index >= 15 is 0 Å². The second-order valence-electron chi connectivity index (χ2n) is 7.26. The highest BCUT2D eigenvalue weighted by Crippen LogP contribution is 2.33. The number of thiophene rings is 1. The lowest BCUT2D eigenvalue weighted by Gasteiger charge is -2.37. The number of halogens is 1. The molecular weight excluding hydrogens is 356 g/mol. The van der Waals surface area contributed by atoms with Gasteiger partial charge < -0.3 is 10.6 Å². The van der Waals surface area contributed by atoms with Gasteiger partial charge in [-0.25, -0.2) is 0 Å². The van der Waals surface area contributed by atoms with Crippen molar-refractivity contribution in [3.05, 3.63) is 27.8 Å². The topological polar surface area (TPSA) is 63.4 Å². The predicted molar refractivity (Wildman–Crippen MR) is 102 cm³/mol. The number of amides is 1. The number of rotatable bonds is 6. The van der Waals surface area contributed by atoms with Gasteiger partial charge in [-0.15, -0.1) is 11.3 Å². The lowest BCUT2D eigenvalue weighted by molar-refractivity contribution is -0.124. The molecule has 0 aromatic carbocycles. The van der Waals surface area contributed by atoms with Gasteiger partial charge in [0.15, 0.2) is 5.78 Å². The fraction of sp³-hybridized carbons (Fsp3) is 0.632. The van der Waals surface area contributed by atoms with Gasteiger partial charge in [-0.05, 0) is 62.6 Å². The van der Waals surface area contributed by atoms with Crippen LogP contribution in [0.4, 0.5) is 0 Å². The van der Waals surface area contributed by atoms with Crippen LogP contribution in [-0.4, -0.2) is 36.2 Å². The molecule has 1 saturated heterocycles. The predicted octanol–water partition coefficient (Wildman–Crippen LogP) is 3.79. The summed E-state index contributed by atoms with van der Waals surface area (Å²) in [4.78, 5) is 27.7. The summed E-state index contributed by atoms with van der Waals surface area (Å²) in [6, 6.07) is 1.73. The maximum atomic E-state index is 12.8. The van der Waals surface area contributed by atoms with Crippen molar-refractivity contribution in [1.82, 2.24) is 4.90 Å². The fourth-order valence-corrected chi connectivity index (χ4v) is 5.27. The smallest absolute Gasteiger partial charge is 0.222 e. The van der Waals surface area contributed by atoms with Crippen LogP contribution in [0.1, 0.15) is 48.2 Å². The molecule has 25 heavy (non-hydrogen) atoms. The van der Waals surface area contributed by atoms with Crippen LogP contribution in [0.3, 0.4) is 0 Å². The van der Waals surface area contributed by atoms with E-state index in [2.05, 4.69) is 11.3 Å². The summed E-state index contributed by atoms with van der Waals surface area (Å²) < 4.78 is 0.